The molecule has 1 unspecified atom stereocenters. The Kier molecular flexibility index (Phi) is 33.7. The zero-order chi connectivity index (χ0) is 47.8. The Labute approximate surface area is 394 Å². The molecule has 21 nitrogen and oxygen atoms in total. The van der Waals surface area contributed by atoms with E-state index < -0.39 is 29.7 Å². The van der Waals surface area contributed by atoms with Crippen molar-refractivity contribution in [3.05, 3.63) is 29.3 Å². The summed E-state index contributed by atoms with van der Waals surface area (Å²) < 4.78 is 71.1. The number of ether oxygens (including phenoxy) is 13. The smallest absolute Gasteiger partial charge is 0.305 e. The average molecular weight is 958 g/mol. The van der Waals surface area contributed by atoms with Crippen LogP contribution in [0, 0.1) is 0 Å². The Bertz CT molecular complexity index is 1510. The van der Waals surface area contributed by atoms with Gasteiger partial charge < -0.3 is 66.9 Å². The van der Waals surface area contributed by atoms with Crippen molar-refractivity contribution >= 4 is 35.3 Å². The topological polar surface area (TPSA) is 233 Å². The maximum Gasteiger partial charge on any atom is 0.305 e. The van der Waals surface area contributed by atoms with E-state index in [1.54, 1.807) is 18.2 Å². The summed E-state index contributed by atoms with van der Waals surface area (Å²) >= 11 is 0. The molecule has 0 radical (unpaired) electrons. The molecule has 2 aliphatic rings. The third-order valence-corrected chi connectivity index (χ3v) is 9.85. The van der Waals surface area contributed by atoms with E-state index in [1.807, 2.05) is 0 Å². The number of benzene rings is 1. The first-order valence-electron chi connectivity index (χ1n) is 23.6. The number of fused-ring (bicyclic) bond motifs is 1. The molecule has 1 aromatic rings. The third-order valence-electron chi connectivity index (χ3n) is 9.85. The molecule has 0 spiro atoms. The lowest BCUT2D eigenvalue weighted by molar-refractivity contribution is -0.145. The lowest BCUT2D eigenvalue weighted by Crippen LogP contribution is -2.54. The fourth-order valence-corrected chi connectivity index (χ4v) is 6.42. The van der Waals surface area contributed by atoms with Gasteiger partial charge in [0, 0.05) is 25.1 Å². The highest BCUT2D eigenvalue weighted by atomic mass is 16.6. The van der Waals surface area contributed by atoms with Gasteiger partial charge >= 0.3 is 5.97 Å². The number of imide groups is 2. The van der Waals surface area contributed by atoms with Crippen LogP contribution in [-0.4, -0.2) is 212 Å². The Balaban J connectivity index is 0.945. The van der Waals surface area contributed by atoms with Gasteiger partial charge in [-0.1, -0.05) is 32.3 Å². The first kappa shape index (κ1) is 57.6. The summed E-state index contributed by atoms with van der Waals surface area (Å²) in [5, 5.41) is 5.33. The van der Waals surface area contributed by atoms with Crippen molar-refractivity contribution in [1.82, 2.24) is 10.2 Å². The van der Waals surface area contributed by atoms with E-state index in [4.69, 9.17) is 61.6 Å². The van der Waals surface area contributed by atoms with E-state index in [-0.39, 0.29) is 36.5 Å². The molecule has 2 heterocycles. The van der Waals surface area contributed by atoms with Crippen molar-refractivity contribution in [2.75, 3.05) is 177 Å². The second kappa shape index (κ2) is 39.2. The number of piperidine rings is 1. The Morgan fingerprint density at radius 1 is 0.552 bits per heavy atom. The largest absolute Gasteiger partial charge is 0.463 e. The fourth-order valence-electron chi connectivity index (χ4n) is 6.42. The zero-order valence-corrected chi connectivity index (χ0v) is 39.4. The lowest BCUT2D eigenvalue weighted by atomic mass is 10.0. The second-order valence-corrected chi connectivity index (χ2v) is 15.0. The summed E-state index contributed by atoms with van der Waals surface area (Å²) in [6.07, 6.45) is 4.87. The van der Waals surface area contributed by atoms with Gasteiger partial charge in [0.05, 0.1) is 170 Å². The average Bonchev–Trinajstić information content (AvgIpc) is 3.58. The van der Waals surface area contributed by atoms with E-state index in [2.05, 4.69) is 17.6 Å². The van der Waals surface area contributed by atoms with E-state index in [0.717, 1.165) is 30.6 Å². The number of nitrogens with zero attached hydrogens (tertiary/aromatic N) is 1. The summed E-state index contributed by atoms with van der Waals surface area (Å²) in [5.41, 5.74) is 0.895. The minimum atomic E-state index is -1.02. The van der Waals surface area contributed by atoms with Crippen LogP contribution < -0.4 is 10.6 Å². The number of unbranched alkanes of at least 4 members (excludes halogenated alkanes) is 3. The molecule has 67 heavy (non-hydrogen) atoms. The summed E-state index contributed by atoms with van der Waals surface area (Å²) in [6.45, 7) is 13.4. The minimum absolute atomic E-state index is 0.0616. The SMILES string of the molecule is CCCCCCC(=O)OCCOCCOCCOCCOCCOCCOCCOCCOCCOCCOCCOCCOCCNc1cccc2c1C(=O)N(C1CCC(=O)NC1=O)C2=O. The number of rotatable bonds is 46. The summed E-state index contributed by atoms with van der Waals surface area (Å²) in [5.74, 6) is -2.35. The minimum Gasteiger partial charge on any atom is -0.463 e. The molecule has 2 aliphatic heterocycles. The Hall–Kier alpha value is -3.71. The van der Waals surface area contributed by atoms with E-state index in [1.165, 1.54) is 0 Å². The maximum absolute atomic E-state index is 13.2. The van der Waals surface area contributed by atoms with E-state index in [0.29, 0.717) is 177 Å². The molecule has 382 valence electrons. The molecule has 1 aromatic carbocycles. The Morgan fingerprint density at radius 3 is 1.39 bits per heavy atom. The van der Waals surface area contributed by atoms with E-state index >= 15 is 0 Å². The van der Waals surface area contributed by atoms with Gasteiger partial charge in [-0.25, -0.2) is 0 Å². The molecule has 3 rings (SSSR count). The van der Waals surface area contributed by atoms with Crippen LogP contribution in [-0.2, 0) is 76.0 Å². The number of amides is 4. The van der Waals surface area contributed by atoms with Crippen molar-refractivity contribution in [2.24, 2.45) is 0 Å². The fraction of sp³-hybridized carbons (Fsp3) is 0.761. The van der Waals surface area contributed by atoms with Crippen molar-refractivity contribution in [3.8, 4) is 0 Å². The van der Waals surface area contributed by atoms with Gasteiger partial charge in [0.15, 0.2) is 0 Å². The second-order valence-electron chi connectivity index (χ2n) is 15.0. The van der Waals surface area contributed by atoms with Crippen molar-refractivity contribution < 1.29 is 85.6 Å². The first-order valence-corrected chi connectivity index (χ1v) is 23.6. The predicted octanol–water partition coefficient (Wildman–Crippen LogP) is 2.21. The van der Waals surface area contributed by atoms with Gasteiger partial charge in [0.2, 0.25) is 11.8 Å². The van der Waals surface area contributed by atoms with Crippen molar-refractivity contribution in [3.63, 3.8) is 0 Å². The summed E-state index contributed by atoms with van der Waals surface area (Å²) in [7, 11) is 0. The number of esters is 1. The maximum atomic E-state index is 13.2. The molecule has 1 saturated heterocycles. The molecular weight excluding hydrogens is 883 g/mol. The Morgan fingerprint density at radius 2 is 0.970 bits per heavy atom. The molecule has 0 aromatic heterocycles. The molecule has 2 N–H and O–H groups in total. The molecule has 0 saturated carbocycles. The number of anilines is 1. The summed E-state index contributed by atoms with van der Waals surface area (Å²) in [6, 6.07) is 3.89. The van der Waals surface area contributed by atoms with Crippen LogP contribution in [0.15, 0.2) is 18.2 Å². The molecule has 1 fully saturated rings. The van der Waals surface area contributed by atoms with E-state index in [9.17, 15) is 24.0 Å². The number of hydrogen-bond acceptors (Lipinski definition) is 19. The van der Waals surface area contributed by atoms with Gasteiger partial charge in [0.25, 0.3) is 11.8 Å². The molecule has 0 bridgehead atoms. The van der Waals surface area contributed by atoms with Crippen LogP contribution in [0.25, 0.3) is 0 Å². The van der Waals surface area contributed by atoms with Crippen LogP contribution in [0.5, 0.6) is 0 Å². The van der Waals surface area contributed by atoms with Gasteiger partial charge in [-0.3, -0.25) is 34.2 Å². The number of carbonyl (C=O) groups excluding carboxylic acids is 5. The van der Waals surface area contributed by atoms with Crippen molar-refractivity contribution in [2.45, 2.75) is 57.9 Å². The van der Waals surface area contributed by atoms with Gasteiger partial charge in [-0.15, -0.1) is 0 Å². The van der Waals surface area contributed by atoms with Crippen molar-refractivity contribution in [1.29, 1.82) is 0 Å². The molecule has 1 atom stereocenters. The van der Waals surface area contributed by atoms with Crippen LogP contribution in [0.2, 0.25) is 0 Å². The zero-order valence-electron chi connectivity index (χ0n) is 39.4. The molecule has 4 amide bonds. The lowest BCUT2D eigenvalue weighted by Gasteiger charge is -2.27. The number of nitrogens with one attached hydrogen (secondary N) is 2. The molecule has 0 aliphatic carbocycles. The van der Waals surface area contributed by atoms with Crippen LogP contribution in [0.1, 0.15) is 72.6 Å². The molecule has 21 heteroatoms. The van der Waals surface area contributed by atoms with Crippen LogP contribution in [0.3, 0.4) is 0 Å². The highest BCUT2D eigenvalue weighted by Gasteiger charge is 2.45. The van der Waals surface area contributed by atoms with Gasteiger partial charge in [-0.05, 0) is 25.0 Å². The standard InChI is InChI=1S/C46H75N3O18/c1-2-3-4-5-9-42(51)67-37-36-66-35-34-65-33-32-64-31-30-63-29-28-62-27-26-61-25-24-60-23-22-59-21-20-58-19-18-57-17-16-56-15-14-55-13-12-47-39-8-6-7-38-43(39)46(54)49(45(38)53)40-10-11-41(50)48-44(40)52/h6-8,40,47H,2-5,9-37H2,1H3,(H,48,50,52). The normalized spacial score (nSPS) is 14.8. The quantitative estimate of drug-likeness (QED) is 0.0542. The van der Waals surface area contributed by atoms with Gasteiger partial charge in [-0.2, -0.15) is 0 Å². The monoisotopic (exact) mass is 958 g/mol. The summed E-state index contributed by atoms with van der Waals surface area (Å²) in [4.78, 5) is 62.5. The number of carbonyl (C=O) groups is 5. The highest BCUT2D eigenvalue weighted by Crippen LogP contribution is 2.32. The first-order chi connectivity index (χ1) is 32.9. The van der Waals surface area contributed by atoms with Crippen LogP contribution >= 0.6 is 0 Å². The van der Waals surface area contributed by atoms with Gasteiger partial charge in [0.1, 0.15) is 12.6 Å². The highest BCUT2D eigenvalue weighted by molar-refractivity contribution is 6.25. The number of hydrogen-bond donors (Lipinski definition) is 2. The third kappa shape index (κ3) is 26.6. The predicted molar refractivity (Wildman–Crippen MR) is 241 cm³/mol. The molecular formula is C46H75N3O18. The van der Waals surface area contributed by atoms with Crippen LogP contribution in [0.4, 0.5) is 5.69 Å².